The number of hydrogen-bond acceptors (Lipinski definition) is 6. The van der Waals surface area contributed by atoms with E-state index in [0.29, 0.717) is 51.2 Å². The van der Waals surface area contributed by atoms with E-state index in [4.69, 9.17) is 10.1 Å². The SMILES string of the molecule is CN(C)CCN(c1ccc(N=C(c2ccc(CC(=O)O)cc2)c2c(O)[nH]c3cc(F)ccc23)cc1)S(C)(=O)=O. The highest BCUT2D eigenvalue weighted by molar-refractivity contribution is 7.92. The smallest absolute Gasteiger partial charge is 0.307 e. The van der Waals surface area contributed by atoms with Crippen LogP contribution >= 0.6 is 0 Å². The first-order valence-electron chi connectivity index (χ1n) is 12.1. The number of aliphatic carboxylic acids is 1. The molecule has 0 saturated heterocycles. The van der Waals surface area contributed by atoms with Crippen molar-refractivity contribution in [1.29, 1.82) is 0 Å². The maximum absolute atomic E-state index is 13.9. The number of sulfonamides is 1. The number of hydrogen-bond donors (Lipinski definition) is 3. The van der Waals surface area contributed by atoms with E-state index in [1.54, 1.807) is 54.6 Å². The molecule has 0 amide bonds. The van der Waals surface area contributed by atoms with Gasteiger partial charge >= 0.3 is 5.97 Å². The normalized spacial score (nSPS) is 12.3. The molecule has 9 nitrogen and oxygen atoms in total. The van der Waals surface area contributed by atoms with Crippen molar-refractivity contribution in [3.05, 3.63) is 89.2 Å². The van der Waals surface area contributed by atoms with E-state index < -0.39 is 21.8 Å². The highest BCUT2D eigenvalue weighted by atomic mass is 32.2. The summed E-state index contributed by atoms with van der Waals surface area (Å²) in [5.41, 5.74) is 3.27. The fraction of sp³-hybridized carbons (Fsp3) is 0.214. The highest BCUT2D eigenvalue weighted by Gasteiger charge is 2.20. The summed E-state index contributed by atoms with van der Waals surface area (Å²) in [6.45, 7) is 0.817. The van der Waals surface area contributed by atoms with Crippen LogP contribution in [0.1, 0.15) is 16.7 Å². The second kappa shape index (κ2) is 11.3. The molecule has 0 atom stereocenters. The third kappa shape index (κ3) is 6.62. The van der Waals surface area contributed by atoms with Gasteiger partial charge in [-0.2, -0.15) is 0 Å². The van der Waals surface area contributed by atoms with E-state index in [0.717, 1.165) is 6.26 Å². The van der Waals surface area contributed by atoms with Crippen LogP contribution in [0.4, 0.5) is 15.8 Å². The number of H-pyrrole nitrogens is 1. The zero-order valence-corrected chi connectivity index (χ0v) is 22.5. The van der Waals surface area contributed by atoms with Crippen molar-refractivity contribution in [1.82, 2.24) is 9.88 Å². The van der Waals surface area contributed by atoms with Crippen LogP contribution in [0.5, 0.6) is 5.88 Å². The number of carboxylic acid groups (broad SMARTS) is 1. The Kier molecular flexibility index (Phi) is 8.03. The first-order valence-corrected chi connectivity index (χ1v) is 13.9. The number of aromatic hydroxyl groups is 1. The highest BCUT2D eigenvalue weighted by Crippen LogP contribution is 2.32. The van der Waals surface area contributed by atoms with Crippen LogP contribution in [0.15, 0.2) is 71.7 Å². The molecule has 0 fully saturated rings. The number of carboxylic acids is 1. The van der Waals surface area contributed by atoms with Gasteiger partial charge in [0.2, 0.25) is 10.0 Å². The van der Waals surface area contributed by atoms with Gasteiger partial charge in [0.15, 0.2) is 5.88 Å². The molecule has 0 saturated carbocycles. The molecule has 1 aromatic heterocycles. The van der Waals surface area contributed by atoms with Gasteiger partial charge in [-0.05, 0) is 62.1 Å². The van der Waals surface area contributed by atoms with Gasteiger partial charge in [0.05, 0.1) is 40.8 Å². The number of nitrogens with one attached hydrogen (secondary N) is 1. The predicted molar refractivity (Wildman–Crippen MR) is 150 cm³/mol. The minimum absolute atomic E-state index is 0.142. The Labute approximate surface area is 225 Å². The summed E-state index contributed by atoms with van der Waals surface area (Å²) in [5, 5.41) is 20.5. The summed E-state index contributed by atoms with van der Waals surface area (Å²) in [6.07, 6.45) is 1.01. The van der Waals surface area contributed by atoms with Gasteiger partial charge in [0.1, 0.15) is 5.82 Å². The Balaban J connectivity index is 1.80. The number of nitrogens with zero attached hydrogens (tertiary/aromatic N) is 3. The molecule has 4 rings (SSSR count). The van der Waals surface area contributed by atoms with Crippen LogP contribution < -0.4 is 4.31 Å². The molecule has 204 valence electrons. The fourth-order valence-electron chi connectivity index (χ4n) is 4.21. The van der Waals surface area contributed by atoms with Crippen LogP contribution in [0.2, 0.25) is 0 Å². The number of anilines is 1. The lowest BCUT2D eigenvalue weighted by Crippen LogP contribution is -2.35. The standard InChI is InChI=1S/C28H29FN4O5S/c1-32(2)14-15-33(39(3,37)38)22-11-9-21(10-12-22)30-27(19-6-4-18(5-7-19)16-25(34)35)26-23-13-8-20(29)17-24(23)31-28(26)36/h4-13,17,31,36H,14-16H2,1-3H3,(H,34,35). The third-order valence-electron chi connectivity index (χ3n) is 6.09. The Morgan fingerprint density at radius 3 is 2.26 bits per heavy atom. The number of aliphatic imine (C=N–C) groups is 1. The summed E-state index contributed by atoms with van der Waals surface area (Å²) in [4.78, 5) is 20.6. The summed E-state index contributed by atoms with van der Waals surface area (Å²) >= 11 is 0. The quantitative estimate of drug-likeness (QED) is 0.254. The van der Waals surface area contributed by atoms with Gasteiger partial charge in [-0.25, -0.2) is 17.8 Å². The zero-order valence-electron chi connectivity index (χ0n) is 21.7. The fourth-order valence-corrected chi connectivity index (χ4v) is 5.13. The van der Waals surface area contributed by atoms with Crippen LogP contribution in [0.25, 0.3) is 10.9 Å². The predicted octanol–water partition coefficient (Wildman–Crippen LogP) is 4.14. The Hall–Kier alpha value is -4.22. The van der Waals surface area contributed by atoms with E-state index in [9.17, 15) is 22.7 Å². The number of halogens is 1. The molecular weight excluding hydrogens is 523 g/mol. The first kappa shape index (κ1) is 27.8. The number of carbonyl (C=O) groups is 1. The molecule has 3 aromatic carbocycles. The molecule has 4 aromatic rings. The topological polar surface area (TPSA) is 126 Å². The number of benzene rings is 3. The van der Waals surface area contributed by atoms with Crippen LogP contribution in [0, 0.1) is 5.82 Å². The zero-order chi connectivity index (χ0) is 28.3. The van der Waals surface area contributed by atoms with Crippen LogP contribution in [0.3, 0.4) is 0 Å². The Morgan fingerprint density at radius 1 is 1.00 bits per heavy atom. The maximum atomic E-state index is 13.9. The lowest BCUT2D eigenvalue weighted by molar-refractivity contribution is -0.136. The lowest BCUT2D eigenvalue weighted by Gasteiger charge is -2.24. The average Bonchev–Trinajstić information content (AvgIpc) is 3.17. The van der Waals surface area contributed by atoms with Crippen LogP contribution in [-0.4, -0.2) is 73.6 Å². The van der Waals surface area contributed by atoms with Gasteiger partial charge in [0, 0.05) is 24.0 Å². The first-order chi connectivity index (χ1) is 18.4. The third-order valence-corrected chi connectivity index (χ3v) is 7.28. The molecule has 11 heteroatoms. The molecule has 3 N–H and O–H groups in total. The van der Waals surface area contributed by atoms with Crippen molar-refractivity contribution >= 4 is 44.0 Å². The molecule has 39 heavy (non-hydrogen) atoms. The molecule has 0 radical (unpaired) electrons. The summed E-state index contributed by atoms with van der Waals surface area (Å²) in [7, 11) is 0.214. The Bertz CT molecular complexity index is 1630. The van der Waals surface area contributed by atoms with Crippen molar-refractivity contribution in [2.75, 3.05) is 37.7 Å². The summed E-state index contributed by atoms with van der Waals surface area (Å²) in [5.74, 6) is -1.62. The number of likely N-dealkylation sites (N-methyl/N-ethyl adjacent to an activating group) is 1. The second-order valence-electron chi connectivity index (χ2n) is 9.42. The molecule has 0 aliphatic heterocycles. The van der Waals surface area contributed by atoms with E-state index >= 15 is 0 Å². The van der Waals surface area contributed by atoms with Crippen molar-refractivity contribution in [2.45, 2.75) is 6.42 Å². The van der Waals surface area contributed by atoms with Gasteiger partial charge < -0.3 is 20.1 Å². The molecule has 0 bridgehead atoms. The molecule has 1 heterocycles. The minimum Gasteiger partial charge on any atom is -0.494 e. The van der Waals surface area contributed by atoms with E-state index in [2.05, 4.69) is 4.98 Å². The Morgan fingerprint density at radius 2 is 1.67 bits per heavy atom. The minimum atomic E-state index is -3.51. The number of fused-ring (bicyclic) bond motifs is 1. The number of rotatable bonds is 10. The van der Waals surface area contributed by atoms with Gasteiger partial charge in [0.25, 0.3) is 0 Å². The van der Waals surface area contributed by atoms with E-state index in [1.165, 1.54) is 16.4 Å². The maximum Gasteiger partial charge on any atom is 0.307 e. The van der Waals surface area contributed by atoms with Crippen molar-refractivity contribution in [2.24, 2.45) is 4.99 Å². The van der Waals surface area contributed by atoms with Crippen LogP contribution in [-0.2, 0) is 21.2 Å². The lowest BCUT2D eigenvalue weighted by atomic mass is 9.99. The van der Waals surface area contributed by atoms with Crippen molar-refractivity contribution in [3.63, 3.8) is 0 Å². The van der Waals surface area contributed by atoms with Gasteiger partial charge in [-0.1, -0.05) is 24.3 Å². The molecule has 0 spiro atoms. The number of aromatic nitrogens is 1. The van der Waals surface area contributed by atoms with Gasteiger partial charge in [-0.3, -0.25) is 9.10 Å². The molecule has 0 unspecified atom stereocenters. The van der Waals surface area contributed by atoms with E-state index in [1.807, 2.05) is 19.0 Å². The van der Waals surface area contributed by atoms with Gasteiger partial charge in [-0.15, -0.1) is 0 Å². The second-order valence-corrected chi connectivity index (χ2v) is 11.3. The molecule has 0 aliphatic rings. The van der Waals surface area contributed by atoms with Crippen molar-refractivity contribution in [3.8, 4) is 5.88 Å². The van der Waals surface area contributed by atoms with Crippen molar-refractivity contribution < 1.29 is 27.8 Å². The largest absolute Gasteiger partial charge is 0.494 e. The molecule has 0 aliphatic carbocycles. The van der Waals surface area contributed by atoms with E-state index in [-0.39, 0.29) is 18.8 Å². The monoisotopic (exact) mass is 552 g/mol. The summed E-state index contributed by atoms with van der Waals surface area (Å²) in [6, 6.07) is 17.5. The number of aromatic amines is 1. The summed E-state index contributed by atoms with van der Waals surface area (Å²) < 4.78 is 40.0. The molecular formula is C28H29FN4O5S. The average molecular weight is 553 g/mol.